The predicted octanol–water partition coefficient (Wildman–Crippen LogP) is 3.83. The Labute approximate surface area is 136 Å². The molecule has 6 heteroatoms. The summed E-state index contributed by atoms with van der Waals surface area (Å²) in [5.74, 6) is 0.538. The van der Waals surface area contributed by atoms with Gasteiger partial charge in [0.15, 0.2) is 6.35 Å². The van der Waals surface area contributed by atoms with Crippen molar-refractivity contribution in [2.45, 2.75) is 13.0 Å². The third-order valence-corrected chi connectivity index (χ3v) is 4.02. The largest absolute Gasteiger partial charge is 0.481 e. The summed E-state index contributed by atoms with van der Waals surface area (Å²) < 4.78 is 27.5. The van der Waals surface area contributed by atoms with Crippen LogP contribution in [0.3, 0.4) is 0 Å². The molecule has 0 saturated heterocycles. The summed E-state index contributed by atoms with van der Waals surface area (Å²) in [5, 5.41) is 0. The first-order chi connectivity index (χ1) is 11.2. The highest BCUT2D eigenvalue weighted by Gasteiger charge is 2.20. The molecule has 0 saturated carbocycles. The van der Waals surface area contributed by atoms with E-state index in [9.17, 15) is 9.46 Å². The van der Waals surface area contributed by atoms with Crippen molar-refractivity contribution in [3.8, 4) is 5.75 Å². The molecule has 124 valence electrons. The quantitative estimate of drug-likeness (QED) is 0.528. The van der Waals surface area contributed by atoms with Crippen LogP contribution in [-0.4, -0.2) is 24.5 Å². The highest BCUT2D eigenvalue weighted by molar-refractivity contribution is 7.52. The average Bonchev–Trinajstić information content (AvgIpc) is 2.58. The van der Waals surface area contributed by atoms with Gasteiger partial charge in [0.1, 0.15) is 5.75 Å². The minimum Gasteiger partial charge on any atom is -0.481 e. The Morgan fingerprint density at radius 2 is 1.57 bits per heavy atom. The van der Waals surface area contributed by atoms with Gasteiger partial charge in [0.25, 0.3) is 0 Å². The first-order valence-corrected chi connectivity index (χ1v) is 9.18. The van der Waals surface area contributed by atoms with Gasteiger partial charge in [0.05, 0.1) is 13.2 Å². The van der Waals surface area contributed by atoms with Crippen LogP contribution in [0.15, 0.2) is 60.7 Å². The summed E-state index contributed by atoms with van der Waals surface area (Å²) >= 11 is 0. The predicted molar refractivity (Wildman–Crippen MR) is 88.4 cm³/mol. The molecule has 2 aromatic carbocycles. The Balaban J connectivity index is 1.56. The van der Waals surface area contributed by atoms with E-state index < -0.39 is 7.60 Å². The zero-order valence-electron chi connectivity index (χ0n) is 12.8. The number of hydrogen-bond acceptors (Lipinski definition) is 4. The van der Waals surface area contributed by atoms with E-state index in [4.69, 9.17) is 14.0 Å². The molecule has 5 nitrogen and oxygen atoms in total. The Bertz CT molecular complexity index is 603. The Kier molecular flexibility index (Phi) is 7.30. The van der Waals surface area contributed by atoms with Gasteiger partial charge in [-0.25, -0.2) is 0 Å². The van der Waals surface area contributed by atoms with Crippen LogP contribution in [0.2, 0.25) is 0 Å². The molecule has 0 aliphatic heterocycles. The maximum absolute atomic E-state index is 11.8. The molecule has 0 aliphatic carbocycles. The van der Waals surface area contributed by atoms with Crippen LogP contribution in [0.25, 0.3) is 0 Å². The standard InChI is InChI=1S/C17H21O5P/c18-23(19,15-21-17-10-5-2-6-11-17)22-13-7-12-20-14-16-8-3-1-4-9-16/h1-6,8-11H,7,12-15H2,(H,18,19). The van der Waals surface area contributed by atoms with E-state index in [1.165, 1.54) is 0 Å². The average molecular weight is 336 g/mol. The molecule has 0 aromatic heterocycles. The van der Waals surface area contributed by atoms with E-state index in [1.54, 1.807) is 24.3 Å². The Hall–Kier alpha value is -1.65. The maximum Gasteiger partial charge on any atom is 0.365 e. The summed E-state index contributed by atoms with van der Waals surface area (Å²) in [5.41, 5.74) is 1.09. The van der Waals surface area contributed by atoms with Crippen LogP contribution >= 0.6 is 7.60 Å². The number of benzene rings is 2. The minimum absolute atomic E-state index is 0.153. The van der Waals surface area contributed by atoms with E-state index in [-0.39, 0.29) is 13.0 Å². The zero-order valence-corrected chi connectivity index (χ0v) is 13.7. The zero-order chi connectivity index (χ0) is 16.4. The van der Waals surface area contributed by atoms with Gasteiger partial charge in [-0.1, -0.05) is 48.5 Å². The molecule has 2 aromatic rings. The lowest BCUT2D eigenvalue weighted by atomic mass is 10.2. The van der Waals surface area contributed by atoms with Crippen LogP contribution in [0, 0.1) is 0 Å². The molecule has 0 radical (unpaired) electrons. The lowest BCUT2D eigenvalue weighted by Gasteiger charge is -2.13. The van der Waals surface area contributed by atoms with E-state index in [0.29, 0.717) is 25.4 Å². The first kappa shape index (κ1) is 17.7. The monoisotopic (exact) mass is 336 g/mol. The van der Waals surface area contributed by atoms with Crippen LogP contribution in [0.1, 0.15) is 12.0 Å². The smallest absolute Gasteiger partial charge is 0.365 e. The van der Waals surface area contributed by atoms with E-state index in [1.807, 2.05) is 36.4 Å². The molecule has 0 bridgehead atoms. The normalized spacial score (nSPS) is 13.4. The summed E-state index contributed by atoms with van der Waals surface area (Å²) in [6.07, 6.45) is 0.185. The number of para-hydroxylation sites is 1. The lowest BCUT2D eigenvalue weighted by molar-refractivity contribution is 0.104. The van der Waals surface area contributed by atoms with Crippen molar-refractivity contribution in [2.24, 2.45) is 0 Å². The summed E-state index contributed by atoms with van der Waals surface area (Å²) in [6, 6.07) is 18.7. The van der Waals surface area contributed by atoms with Crippen molar-refractivity contribution in [2.75, 3.05) is 19.6 Å². The van der Waals surface area contributed by atoms with Crippen molar-refractivity contribution in [1.82, 2.24) is 0 Å². The molecule has 1 atom stereocenters. The minimum atomic E-state index is -3.74. The molecule has 0 heterocycles. The van der Waals surface area contributed by atoms with E-state index in [2.05, 4.69) is 0 Å². The van der Waals surface area contributed by atoms with Crippen LogP contribution in [0.5, 0.6) is 5.75 Å². The molecule has 0 spiro atoms. The van der Waals surface area contributed by atoms with Gasteiger partial charge in [-0.2, -0.15) is 0 Å². The highest BCUT2D eigenvalue weighted by atomic mass is 31.2. The fraction of sp³-hybridized carbons (Fsp3) is 0.294. The fourth-order valence-corrected chi connectivity index (χ4v) is 2.64. The van der Waals surface area contributed by atoms with Crippen molar-refractivity contribution in [1.29, 1.82) is 0 Å². The van der Waals surface area contributed by atoms with Crippen molar-refractivity contribution in [3.05, 3.63) is 66.2 Å². The molecular formula is C17H21O5P. The molecule has 1 N–H and O–H groups in total. The fourth-order valence-electron chi connectivity index (χ4n) is 1.84. The summed E-state index contributed by atoms with van der Waals surface area (Å²) in [7, 11) is -3.74. The van der Waals surface area contributed by atoms with Gasteiger partial charge in [-0.3, -0.25) is 4.57 Å². The third kappa shape index (κ3) is 7.44. The molecule has 0 aliphatic rings. The first-order valence-electron chi connectivity index (χ1n) is 7.42. The Morgan fingerprint density at radius 3 is 2.26 bits per heavy atom. The summed E-state index contributed by atoms with van der Waals surface area (Å²) in [4.78, 5) is 9.68. The van der Waals surface area contributed by atoms with Gasteiger partial charge >= 0.3 is 7.60 Å². The number of hydrogen-bond donors (Lipinski definition) is 1. The van der Waals surface area contributed by atoms with E-state index in [0.717, 1.165) is 5.56 Å². The van der Waals surface area contributed by atoms with Crippen LogP contribution in [0.4, 0.5) is 0 Å². The van der Waals surface area contributed by atoms with Gasteiger partial charge in [-0.15, -0.1) is 0 Å². The van der Waals surface area contributed by atoms with Crippen molar-refractivity contribution >= 4 is 7.60 Å². The maximum atomic E-state index is 11.8. The Morgan fingerprint density at radius 1 is 0.913 bits per heavy atom. The van der Waals surface area contributed by atoms with Crippen molar-refractivity contribution in [3.63, 3.8) is 0 Å². The number of rotatable bonds is 10. The lowest BCUT2D eigenvalue weighted by Crippen LogP contribution is -2.05. The molecule has 2 rings (SSSR count). The van der Waals surface area contributed by atoms with E-state index >= 15 is 0 Å². The highest BCUT2D eigenvalue weighted by Crippen LogP contribution is 2.41. The molecule has 23 heavy (non-hydrogen) atoms. The van der Waals surface area contributed by atoms with Crippen LogP contribution < -0.4 is 4.74 Å². The number of ether oxygens (including phenoxy) is 2. The second-order valence-corrected chi connectivity index (χ2v) is 6.74. The topological polar surface area (TPSA) is 65.0 Å². The SMILES string of the molecule is O=P(O)(COc1ccccc1)OCCCOCc1ccccc1. The molecule has 0 amide bonds. The van der Waals surface area contributed by atoms with Gasteiger partial charge in [0.2, 0.25) is 0 Å². The molecule has 1 unspecified atom stereocenters. The van der Waals surface area contributed by atoms with Gasteiger partial charge in [0, 0.05) is 6.61 Å². The molecular weight excluding hydrogens is 315 g/mol. The molecule has 0 fully saturated rings. The van der Waals surface area contributed by atoms with Gasteiger partial charge < -0.3 is 18.9 Å². The van der Waals surface area contributed by atoms with Crippen molar-refractivity contribution < 1.29 is 23.5 Å². The second-order valence-electron chi connectivity index (χ2n) is 4.95. The second kappa shape index (κ2) is 9.48. The van der Waals surface area contributed by atoms with Gasteiger partial charge in [-0.05, 0) is 24.1 Å². The van der Waals surface area contributed by atoms with Crippen LogP contribution in [-0.2, 0) is 20.4 Å². The third-order valence-electron chi connectivity index (χ3n) is 2.98. The summed E-state index contributed by atoms with van der Waals surface area (Å²) in [6.45, 7) is 1.14.